The molecule has 3 aromatic rings. The van der Waals surface area contributed by atoms with Crippen molar-refractivity contribution in [2.24, 2.45) is 0 Å². The van der Waals surface area contributed by atoms with Crippen LogP contribution in [-0.4, -0.2) is 34.0 Å². The highest BCUT2D eigenvalue weighted by atomic mass is 127. The van der Waals surface area contributed by atoms with Crippen molar-refractivity contribution in [3.05, 3.63) is 33.8 Å². The topological polar surface area (TPSA) is 74.1 Å². The lowest BCUT2D eigenvalue weighted by molar-refractivity contribution is 0.391. The van der Waals surface area contributed by atoms with E-state index in [-0.39, 0.29) is 0 Å². The molecular weight excluding hydrogens is 445 g/mol. The molecule has 0 unspecified atom stereocenters. The minimum Gasteiger partial charge on any atom is -0.497 e. The maximum absolute atomic E-state index is 5.45. The number of hydrogen-bond donors (Lipinski definition) is 1. The molecule has 1 aromatic carbocycles. The summed E-state index contributed by atoms with van der Waals surface area (Å²) in [6.07, 6.45) is 7.49. The van der Waals surface area contributed by atoms with E-state index in [1.807, 2.05) is 22.9 Å². The molecule has 26 heavy (non-hydrogen) atoms. The van der Waals surface area contributed by atoms with Gasteiger partial charge in [-0.25, -0.2) is 14.6 Å². The Morgan fingerprint density at radius 3 is 2.85 bits per heavy atom. The molecule has 0 fully saturated rings. The van der Waals surface area contributed by atoms with Crippen LogP contribution in [-0.2, 0) is 13.1 Å². The number of aryl methyl sites for hydroxylation is 1. The molecule has 0 saturated heterocycles. The van der Waals surface area contributed by atoms with E-state index < -0.39 is 0 Å². The first-order valence-corrected chi connectivity index (χ1v) is 9.01. The number of fused-ring (bicyclic) bond motifs is 1. The molecule has 0 spiro atoms. The van der Waals surface area contributed by atoms with Crippen molar-refractivity contribution in [3.63, 3.8) is 0 Å². The second-order valence-corrected chi connectivity index (χ2v) is 6.44. The van der Waals surface area contributed by atoms with E-state index in [9.17, 15) is 0 Å². The third kappa shape index (κ3) is 3.67. The summed E-state index contributed by atoms with van der Waals surface area (Å²) >= 11 is 2.19. The van der Waals surface area contributed by atoms with Gasteiger partial charge in [-0.3, -0.25) is 0 Å². The minimum atomic E-state index is 0.547. The lowest BCUT2D eigenvalue weighted by Crippen LogP contribution is -2.05. The number of aromatic nitrogens is 4. The van der Waals surface area contributed by atoms with Crippen LogP contribution < -0.4 is 14.8 Å². The molecule has 0 aliphatic heterocycles. The summed E-state index contributed by atoms with van der Waals surface area (Å²) in [5.41, 5.74) is 1.76. The van der Waals surface area contributed by atoms with Gasteiger partial charge in [0.2, 0.25) is 0 Å². The maximum atomic E-state index is 5.45. The Morgan fingerprint density at radius 1 is 1.27 bits per heavy atom. The summed E-state index contributed by atoms with van der Waals surface area (Å²) in [5.74, 6) is 4.85. The van der Waals surface area contributed by atoms with Crippen molar-refractivity contribution >= 4 is 39.4 Å². The van der Waals surface area contributed by atoms with Gasteiger partial charge in [-0.15, -0.1) is 12.3 Å². The maximum Gasteiger partial charge on any atom is 0.164 e. The number of terminal acetylenes is 1. The number of rotatable bonds is 7. The van der Waals surface area contributed by atoms with Gasteiger partial charge in [0.1, 0.15) is 27.3 Å². The fourth-order valence-corrected chi connectivity index (χ4v) is 3.36. The smallest absolute Gasteiger partial charge is 0.164 e. The quantitative estimate of drug-likeness (QED) is 0.429. The number of nitrogens with zero attached hydrogens (tertiary/aromatic N) is 4. The first-order chi connectivity index (χ1) is 12.7. The van der Waals surface area contributed by atoms with E-state index in [4.69, 9.17) is 15.9 Å². The van der Waals surface area contributed by atoms with Crippen LogP contribution in [0.3, 0.4) is 0 Å². The predicted molar refractivity (Wildman–Crippen MR) is 108 cm³/mol. The van der Waals surface area contributed by atoms with E-state index in [0.717, 1.165) is 37.6 Å². The standard InChI is InChI=1S/C18H18IN5O2/c1-4-5-8-24-18-15(16(19)23-24)17(21-11-22-18)20-10-12-6-7-13(25-2)9-14(12)26-3/h1,6-7,9,11H,5,8,10H2,2-3H3,(H,20,21,22). The lowest BCUT2D eigenvalue weighted by Gasteiger charge is -2.12. The van der Waals surface area contributed by atoms with E-state index in [0.29, 0.717) is 19.5 Å². The van der Waals surface area contributed by atoms with Gasteiger partial charge < -0.3 is 14.8 Å². The van der Waals surface area contributed by atoms with Gasteiger partial charge in [0.15, 0.2) is 5.65 Å². The summed E-state index contributed by atoms with van der Waals surface area (Å²) in [4.78, 5) is 8.74. The lowest BCUT2D eigenvalue weighted by atomic mass is 10.2. The molecule has 0 amide bonds. The Hall–Kier alpha value is -2.54. The Bertz CT molecular complexity index is 964. The fourth-order valence-electron chi connectivity index (χ4n) is 2.60. The number of halogens is 1. The van der Waals surface area contributed by atoms with Crippen molar-refractivity contribution in [2.45, 2.75) is 19.5 Å². The highest BCUT2D eigenvalue weighted by molar-refractivity contribution is 14.1. The molecule has 1 N–H and O–H groups in total. The third-order valence-electron chi connectivity index (χ3n) is 3.90. The van der Waals surface area contributed by atoms with Crippen LogP contribution in [0.25, 0.3) is 11.0 Å². The Morgan fingerprint density at radius 2 is 2.12 bits per heavy atom. The molecule has 134 valence electrons. The van der Waals surface area contributed by atoms with Crippen LogP contribution in [0.1, 0.15) is 12.0 Å². The molecule has 2 aromatic heterocycles. The predicted octanol–water partition coefficient (Wildman–Crippen LogP) is 3.08. The highest BCUT2D eigenvalue weighted by Crippen LogP contribution is 2.28. The first kappa shape index (κ1) is 18.3. The van der Waals surface area contributed by atoms with Crippen LogP contribution in [0.4, 0.5) is 5.82 Å². The summed E-state index contributed by atoms with van der Waals surface area (Å²) in [6.45, 7) is 1.17. The van der Waals surface area contributed by atoms with Crippen molar-refractivity contribution in [3.8, 4) is 23.8 Å². The number of hydrogen-bond acceptors (Lipinski definition) is 6. The van der Waals surface area contributed by atoms with E-state index >= 15 is 0 Å². The normalized spacial score (nSPS) is 10.5. The fraction of sp³-hybridized carbons (Fsp3) is 0.278. The zero-order valence-electron chi connectivity index (χ0n) is 14.5. The Balaban J connectivity index is 1.88. The third-order valence-corrected chi connectivity index (χ3v) is 4.65. The number of ether oxygens (including phenoxy) is 2. The largest absolute Gasteiger partial charge is 0.497 e. The molecule has 0 saturated carbocycles. The van der Waals surface area contributed by atoms with E-state index in [1.165, 1.54) is 6.33 Å². The number of benzene rings is 1. The Labute approximate surface area is 165 Å². The molecule has 3 rings (SSSR count). The van der Waals surface area contributed by atoms with Gasteiger partial charge in [-0.2, -0.15) is 5.10 Å². The van der Waals surface area contributed by atoms with Gasteiger partial charge in [0.05, 0.1) is 26.2 Å². The molecule has 0 atom stereocenters. The molecular formula is C18H18IN5O2. The summed E-state index contributed by atoms with van der Waals surface area (Å²) in [5, 5.41) is 8.77. The average molecular weight is 463 g/mol. The zero-order valence-corrected chi connectivity index (χ0v) is 16.6. The average Bonchev–Trinajstić information content (AvgIpc) is 3.01. The van der Waals surface area contributed by atoms with Gasteiger partial charge >= 0.3 is 0 Å². The summed E-state index contributed by atoms with van der Waals surface area (Å²) < 4.78 is 13.3. The van der Waals surface area contributed by atoms with Crippen LogP contribution in [0.5, 0.6) is 11.5 Å². The van der Waals surface area contributed by atoms with Gasteiger partial charge in [-0.05, 0) is 34.7 Å². The van der Waals surface area contributed by atoms with Crippen LogP contribution >= 0.6 is 22.6 Å². The van der Waals surface area contributed by atoms with Gasteiger partial charge in [0, 0.05) is 24.6 Å². The number of anilines is 1. The van der Waals surface area contributed by atoms with Crippen LogP contribution in [0.15, 0.2) is 24.5 Å². The van der Waals surface area contributed by atoms with Gasteiger partial charge in [-0.1, -0.05) is 0 Å². The van der Waals surface area contributed by atoms with Crippen LogP contribution in [0, 0.1) is 16.0 Å². The molecule has 7 nitrogen and oxygen atoms in total. The second-order valence-electron chi connectivity index (χ2n) is 5.42. The molecule has 8 heteroatoms. The zero-order chi connectivity index (χ0) is 18.5. The van der Waals surface area contributed by atoms with Crippen LogP contribution in [0.2, 0.25) is 0 Å². The second kappa shape index (κ2) is 8.23. The van der Waals surface area contributed by atoms with Crippen molar-refractivity contribution in [1.82, 2.24) is 19.7 Å². The highest BCUT2D eigenvalue weighted by Gasteiger charge is 2.15. The summed E-state index contributed by atoms with van der Waals surface area (Å²) in [6, 6.07) is 5.72. The minimum absolute atomic E-state index is 0.547. The summed E-state index contributed by atoms with van der Waals surface area (Å²) in [7, 11) is 3.27. The Kier molecular flexibility index (Phi) is 5.78. The SMILES string of the molecule is C#CCCn1nc(I)c2c(NCc3ccc(OC)cc3OC)ncnc21. The number of methoxy groups -OCH3 is 2. The van der Waals surface area contributed by atoms with E-state index in [1.54, 1.807) is 14.2 Å². The molecule has 0 aliphatic carbocycles. The van der Waals surface area contributed by atoms with Crippen molar-refractivity contribution in [1.29, 1.82) is 0 Å². The van der Waals surface area contributed by atoms with Crippen molar-refractivity contribution < 1.29 is 9.47 Å². The number of nitrogens with one attached hydrogen (secondary N) is 1. The van der Waals surface area contributed by atoms with Crippen molar-refractivity contribution in [2.75, 3.05) is 19.5 Å². The molecule has 0 aliphatic rings. The molecule has 2 heterocycles. The van der Waals surface area contributed by atoms with Gasteiger partial charge in [0.25, 0.3) is 0 Å². The molecule has 0 bridgehead atoms. The molecule has 0 radical (unpaired) electrons. The monoisotopic (exact) mass is 463 g/mol. The van der Waals surface area contributed by atoms with E-state index in [2.05, 4.69) is 48.9 Å². The first-order valence-electron chi connectivity index (χ1n) is 7.93.